The van der Waals surface area contributed by atoms with Gasteiger partial charge < -0.3 is 46.0 Å². The van der Waals surface area contributed by atoms with E-state index in [4.69, 9.17) is 9.63 Å². The molecular formula is C37H59N7O7Ti. The van der Waals surface area contributed by atoms with Crippen LogP contribution in [-0.4, -0.2) is 76.9 Å². The van der Waals surface area contributed by atoms with Gasteiger partial charge in [0.25, 0.3) is 0 Å². The molecule has 2 amide bonds. The number of aliphatic hydroxyl groups is 1. The molecule has 0 fully saturated rings. The fraction of sp³-hybridized carbons (Fsp3) is 0.568. The number of aliphatic hydroxyl groups excluding tert-OH is 1. The fourth-order valence-corrected chi connectivity index (χ4v) is 2.89. The van der Waals surface area contributed by atoms with Gasteiger partial charge in [0.2, 0.25) is 5.95 Å². The summed E-state index contributed by atoms with van der Waals surface area (Å²) in [6.07, 6.45) is 2.54. The second kappa shape index (κ2) is 31.2. The number of hydrogen-bond acceptors (Lipinski definition) is 12. The van der Waals surface area contributed by atoms with Crippen LogP contribution in [0, 0.1) is 11.8 Å². The van der Waals surface area contributed by atoms with Gasteiger partial charge >= 0.3 is 27.7 Å². The minimum atomic E-state index is -0.426. The van der Waals surface area contributed by atoms with Crippen LogP contribution in [-0.2, 0) is 27.1 Å². The van der Waals surface area contributed by atoms with Gasteiger partial charge in [-0.3, -0.25) is 5.32 Å². The summed E-state index contributed by atoms with van der Waals surface area (Å²) in [5.74, 6) is 7.66. The van der Waals surface area contributed by atoms with E-state index >= 15 is 0 Å². The van der Waals surface area contributed by atoms with Crippen molar-refractivity contribution in [3.05, 3.63) is 59.6 Å². The Kier molecular flexibility index (Phi) is 31.8. The quantitative estimate of drug-likeness (QED) is 0.120. The Morgan fingerprint density at radius 3 is 1.81 bits per heavy atom. The van der Waals surface area contributed by atoms with E-state index < -0.39 is 30.4 Å². The van der Waals surface area contributed by atoms with Crippen molar-refractivity contribution in [2.45, 2.75) is 112 Å². The fourth-order valence-electron chi connectivity index (χ4n) is 2.89. The average molecular weight is 762 g/mol. The van der Waals surface area contributed by atoms with E-state index in [2.05, 4.69) is 48.2 Å². The first-order chi connectivity index (χ1) is 23.8. The molecule has 0 spiro atoms. The number of carbonyl (C=O) groups excluding carboxylic acids is 1. The second-order valence-corrected chi connectivity index (χ2v) is 13.0. The Balaban J connectivity index is -0.00000119. The molecule has 52 heavy (non-hydrogen) atoms. The number of hydrogen-bond donors (Lipinski definition) is 5. The molecule has 0 atom stereocenters. The second-order valence-electron chi connectivity index (χ2n) is 13.0. The maximum Gasteiger partial charge on any atom is 4.00 e. The van der Waals surface area contributed by atoms with E-state index in [1.165, 1.54) is 0 Å². The number of rotatable bonds is 9. The third kappa shape index (κ3) is 35.0. The van der Waals surface area contributed by atoms with Crippen molar-refractivity contribution in [1.82, 2.24) is 20.4 Å². The molecule has 0 aliphatic carbocycles. The summed E-state index contributed by atoms with van der Waals surface area (Å²) in [7, 11) is 0. The normalized spacial score (nSPS) is 10.1. The molecule has 15 heteroatoms. The van der Waals surface area contributed by atoms with Gasteiger partial charge in [-0.25, -0.2) is 14.8 Å². The van der Waals surface area contributed by atoms with Crippen LogP contribution >= 0.6 is 0 Å². The van der Waals surface area contributed by atoms with Crippen molar-refractivity contribution in [3.8, 4) is 11.8 Å². The minimum Gasteiger partial charge on any atom is -0.852 e. The van der Waals surface area contributed by atoms with Gasteiger partial charge in [0.15, 0.2) is 5.82 Å². The smallest absolute Gasteiger partial charge is 0.852 e. The molecule has 2 aromatic heterocycles. The summed E-state index contributed by atoms with van der Waals surface area (Å²) in [5, 5.41) is 62.4. The zero-order valence-corrected chi connectivity index (χ0v) is 34.2. The average Bonchev–Trinajstić information content (AvgIpc) is 3.47. The van der Waals surface area contributed by atoms with Crippen LogP contribution in [0.2, 0.25) is 0 Å². The van der Waals surface area contributed by atoms with E-state index in [0.717, 1.165) is 25.1 Å². The van der Waals surface area contributed by atoms with Gasteiger partial charge in [-0.2, -0.15) is 0 Å². The van der Waals surface area contributed by atoms with Gasteiger partial charge in [-0.05, 0) is 31.2 Å². The molecule has 288 valence electrons. The maximum atomic E-state index is 12.3. The third-order valence-corrected chi connectivity index (χ3v) is 4.72. The first-order valence-corrected chi connectivity index (χ1v) is 16.9. The van der Waals surface area contributed by atoms with Crippen LogP contribution in [0.1, 0.15) is 99.5 Å². The van der Waals surface area contributed by atoms with Gasteiger partial charge in [0.05, 0.1) is 12.2 Å². The summed E-state index contributed by atoms with van der Waals surface area (Å²) in [6.45, 7) is 21.2. The molecule has 5 N–H and O–H groups in total. The van der Waals surface area contributed by atoms with Crippen LogP contribution in [0.15, 0.2) is 47.2 Å². The van der Waals surface area contributed by atoms with Crippen molar-refractivity contribution >= 4 is 23.5 Å². The van der Waals surface area contributed by atoms with Crippen molar-refractivity contribution < 1.29 is 56.6 Å². The monoisotopic (exact) mass is 761 g/mol. The van der Waals surface area contributed by atoms with Gasteiger partial charge in [0, 0.05) is 48.2 Å². The van der Waals surface area contributed by atoms with Crippen molar-refractivity contribution in [1.29, 1.82) is 0 Å². The third-order valence-electron chi connectivity index (χ3n) is 4.72. The van der Waals surface area contributed by atoms with E-state index in [1.807, 2.05) is 32.9 Å². The number of carbonyl (C=O) groups is 1. The Bertz CT molecular complexity index is 1330. The van der Waals surface area contributed by atoms with Gasteiger partial charge in [-0.15, -0.1) is 24.4 Å². The first kappa shape index (κ1) is 53.0. The summed E-state index contributed by atoms with van der Waals surface area (Å²) in [6, 6.07) is 8.50. The van der Waals surface area contributed by atoms with E-state index in [0.29, 0.717) is 35.3 Å². The van der Waals surface area contributed by atoms with Crippen LogP contribution in [0.25, 0.3) is 0 Å². The number of nitrogens with one attached hydrogen (secondary N) is 4. The first-order valence-electron chi connectivity index (χ1n) is 16.9. The summed E-state index contributed by atoms with van der Waals surface area (Å²) in [4.78, 5) is 20.9. The topological polar surface area (TPSA) is 229 Å². The Hall–Kier alpha value is -3.39. The summed E-state index contributed by atoms with van der Waals surface area (Å²) < 4.78 is 5.28. The number of urea groups is 1. The van der Waals surface area contributed by atoms with E-state index in [1.54, 1.807) is 86.0 Å². The van der Waals surface area contributed by atoms with Crippen molar-refractivity contribution in [2.75, 3.05) is 42.2 Å². The Labute approximate surface area is 325 Å². The van der Waals surface area contributed by atoms with Crippen molar-refractivity contribution in [2.24, 2.45) is 0 Å². The van der Waals surface area contributed by atoms with Crippen LogP contribution in [0.5, 0.6) is 0 Å². The summed E-state index contributed by atoms with van der Waals surface area (Å²) in [5.41, 5.74) is 1.81. The minimum absolute atomic E-state index is 0. The zero-order valence-electron chi connectivity index (χ0n) is 32.6. The molecule has 3 aromatic rings. The maximum absolute atomic E-state index is 12.3. The molecule has 0 aliphatic rings. The molecule has 0 aliphatic heterocycles. The standard InChI is InChI=1S/C25H31N7O3.4C3H7O.Ti/c1-25(2,3)21-15-22(32-35-21)31-24(34)30-20-7-4-6-18(14-20)8-9-19-16-28-23(29-17-19)27-11-5-10-26-12-13-33;4*1-3(2)4;/h4,6-7,14-17,26,33H,5,10-13H2,1-3H3,(H,27,28,29)(H2,30,31,32,34);4*3H,1-2H3;/q;4*-1;+4. The van der Waals surface area contributed by atoms with Gasteiger partial charge in [0.1, 0.15) is 5.76 Å². The molecule has 0 saturated carbocycles. The van der Waals surface area contributed by atoms with E-state index in [-0.39, 0.29) is 33.7 Å². The predicted molar refractivity (Wildman–Crippen MR) is 196 cm³/mol. The number of nitrogens with zero attached hydrogens (tertiary/aromatic N) is 3. The Morgan fingerprint density at radius 1 is 0.808 bits per heavy atom. The van der Waals surface area contributed by atoms with Crippen molar-refractivity contribution in [3.63, 3.8) is 0 Å². The number of benzene rings is 1. The summed E-state index contributed by atoms with van der Waals surface area (Å²) >= 11 is 0. The molecule has 2 heterocycles. The van der Waals surface area contributed by atoms with Crippen LogP contribution < -0.4 is 41.7 Å². The van der Waals surface area contributed by atoms with Gasteiger partial charge in [-0.1, -0.05) is 99.2 Å². The van der Waals surface area contributed by atoms with E-state index in [9.17, 15) is 25.2 Å². The molecule has 1 aromatic carbocycles. The molecular weight excluding hydrogens is 702 g/mol. The van der Waals surface area contributed by atoms with Crippen LogP contribution in [0.4, 0.5) is 22.2 Å². The zero-order chi connectivity index (χ0) is 39.4. The molecule has 14 nitrogen and oxygen atoms in total. The number of aromatic nitrogens is 3. The molecule has 0 radical (unpaired) electrons. The predicted octanol–water partition coefficient (Wildman–Crippen LogP) is 2.21. The molecule has 3 rings (SSSR count). The molecule has 0 bridgehead atoms. The van der Waals surface area contributed by atoms with Crippen LogP contribution in [0.3, 0.4) is 0 Å². The molecule has 0 saturated heterocycles. The largest absolute Gasteiger partial charge is 4.00 e. The SMILES string of the molecule is CC(C)(C)c1cc(NC(=O)Nc2cccc(C#Cc3cnc(NCCCNCCO)nc3)c2)no1.CC(C)[O-].CC(C)[O-].CC(C)[O-].CC(C)[O-].[Ti+4]. The Morgan fingerprint density at radius 2 is 1.33 bits per heavy atom. The number of anilines is 3. The molecule has 0 unspecified atom stereocenters. The number of amides is 2.